The van der Waals surface area contributed by atoms with E-state index in [-0.39, 0.29) is 30.7 Å². The Morgan fingerprint density at radius 3 is 2.55 bits per heavy atom. The topological polar surface area (TPSA) is 89.0 Å². The Morgan fingerprint density at radius 2 is 1.83 bits per heavy atom. The molecule has 9 heteroatoms. The molecule has 42 heavy (non-hydrogen) atoms. The maximum Gasteiger partial charge on any atom is 0.309 e. The average molecular weight is 591 g/mol. The van der Waals surface area contributed by atoms with Crippen molar-refractivity contribution in [2.75, 3.05) is 27.6 Å². The number of carbonyl (C=O) groups is 1. The van der Waals surface area contributed by atoms with Gasteiger partial charge in [0.2, 0.25) is 0 Å². The van der Waals surface area contributed by atoms with E-state index < -0.39 is 0 Å². The van der Waals surface area contributed by atoms with E-state index in [9.17, 15) is 4.79 Å². The minimum atomic E-state index is -0.323. The van der Waals surface area contributed by atoms with E-state index in [1.807, 2.05) is 55.5 Å². The Balaban J connectivity index is 1.35. The molecule has 4 aromatic rings. The van der Waals surface area contributed by atoms with Gasteiger partial charge < -0.3 is 23.7 Å². The van der Waals surface area contributed by atoms with Gasteiger partial charge in [-0.2, -0.15) is 0 Å². The van der Waals surface area contributed by atoms with Crippen LogP contribution in [0.2, 0.25) is 0 Å². The summed E-state index contributed by atoms with van der Waals surface area (Å²) in [7, 11) is 3.08. The number of benzene rings is 2. The van der Waals surface area contributed by atoms with E-state index >= 15 is 0 Å². The van der Waals surface area contributed by atoms with Gasteiger partial charge in [-0.3, -0.25) is 4.79 Å². The highest BCUT2D eigenvalue weighted by molar-refractivity contribution is 7.13. The average Bonchev–Trinajstić information content (AvgIpc) is 3.66. The molecule has 2 aromatic carbocycles. The van der Waals surface area contributed by atoms with Gasteiger partial charge in [0, 0.05) is 22.4 Å². The Labute approximate surface area is 251 Å². The molecule has 0 N–H and O–H groups in total. The minimum absolute atomic E-state index is 0.0512. The van der Waals surface area contributed by atoms with Crippen LogP contribution < -0.4 is 9.47 Å². The number of thiazole rings is 1. The maximum absolute atomic E-state index is 12.7. The second kappa shape index (κ2) is 13.6. The summed E-state index contributed by atoms with van der Waals surface area (Å²) < 4.78 is 28.9. The first-order valence-corrected chi connectivity index (χ1v) is 15.1. The van der Waals surface area contributed by atoms with E-state index in [1.54, 1.807) is 18.4 Å². The van der Waals surface area contributed by atoms with Crippen molar-refractivity contribution in [1.82, 2.24) is 9.97 Å². The molecule has 2 aromatic heterocycles. The Bertz CT molecular complexity index is 1510. The molecule has 8 nitrogen and oxygen atoms in total. The summed E-state index contributed by atoms with van der Waals surface area (Å²) in [6.45, 7) is 7.25. The maximum atomic E-state index is 12.7. The van der Waals surface area contributed by atoms with Gasteiger partial charge in [-0.25, -0.2) is 9.97 Å². The van der Waals surface area contributed by atoms with Crippen LogP contribution in [0.15, 0.2) is 53.9 Å². The van der Waals surface area contributed by atoms with Gasteiger partial charge in [0.1, 0.15) is 29.0 Å². The Morgan fingerprint density at radius 1 is 1.02 bits per heavy atom. The highest BCUT2D eigenvalue weighted by atomic mass is 32.1. The van der Waals surface area contributed by atoms with Crippen molar-refractivity contribution in [3.05, 3.63) is 70.7 Å². The van der Waals surface area contributed by atoms with Crippen LogP contribution in [0.25, 0.3) is 21.6 Å². The van der Waals surface area contributed by atoms with Gasteiger partial charge in [-0.15, -0.1) is 11.3 Å². The number of hydrogen-bond acceptors (Lipinski definition) is 9. The lowest BCUT2D eigenvalue weighted by Gasteiger charge is -2.18. The molecule has 0 saturated heterocycles. The van der Waals surface area contributed by atoms with Crippen LogP contribution in [-0.4, -0.2) is 49.7 Å². The number of rotatable bonds is 12. The van der Waals surface area contributed by atoms with E-state index in [0.29, 0.717) is 37.7 Å². The zero-order chi connectivity index (χ0) is 29.6. The van der Waals surface area contributed by atoms with E-state index in [1.165, 1.54) is 7.11 Å². The molecule has 222 valence electrons. The monoisotopic (exact) mass is 590 g/mol. The number of hydrogen-bond donors (Lipinski definition) is 0. The fourth-order valence-electron chi connectivity index (χ4n) is 5.44. The summed E-state index contributed by atoms with van der Waals surface area (Å²) in [5.41, 5.74) is 4.61. The third-order valence-corrected chi connectivity index (χ3v) is 8.64. The molecular weight excluding hydrogens is 552 g/mol. The Hall–Kier alpha value is -3.53. The zero-order valence-electron chi connectivity index (χ0n) is 24.8. The highest BCUT2D eigenvalue weighted by Gasteiger charge is 2.41. The number of fused-ring (bicyclic) bond motifs is 1. The number of nitrogens with zero attached hydrogens (tertiary/aromatic N) is 2. The second-order valence-corrected chi connectivity index (χ2v) is 11.8. The molecule has 5 rings (SSSR count). The highest BCUT2D eigenvalue weighted by Crippen LogP contribution is 2.40. The number of aryl methyl sites for hydroxylation is 1. The van der Waals surface area contributed by atoms with E-state index in [2.05, 4.69) is 19.2 Å². The third kappa shape index (κ3) is 6.75. The van der Waals surface area contributed by atoms with Gasteiger partial charge >= 0.3 is 5.97 Å². The smallest absolute Gasteiger partial charge is 0.309 e. The van der Waals surface area contributed by atoms with Gasteiger partial charge in [0.25, 0.3) is 0 Å². The van der Waals surface area contributed by atoms with Crippen LogP contribution >= 0.6 is 11.3 Å². The van der Waals surface area contributed by atoms with Crippen LogP contribution in [-0.2, 0) is 25.6 Å². The van der Waals surface area contributed by atoms with Crippen molar-refractivity contribution < 1.29 is 28.5 Å². The fraction of sp³-hybridized carbons (Fsp3) is 0.424. The normalized spacial score (nSPS) is 18.5. The quantitative estimate of drug-likeness (QED) is 0.0996. The molecule has 0 aliphatic heterocycles. The van der Waals surface area contributed by atoms with Crippen LogP contribution in [0.3, 0.4) is 0 Å². The van der Waals surface area contributed by atoms with Crippen molar-refractivity contribution in [3.63, 3.8) is 0 Å². The number of methoxy groups -OCH3 is 2. The number of aromatic nitrogens is 2. The van der Waals surface area contributed by atoms with Crippen LogP contribution in [0.1, 0.15) is 49.4 Å². The standard InChI is InChI=1S/C33H38N2O6S/c1-20(2)28-18-42-32(35-28)27-15-30(25-11-12-29(37-4)21(3)31(25)34-27)41-24-13-23(26(14-24)33(36)38-5)17-40-19-39-16-22-9-7-6-8-10-22/h6-12,15,18,20,23-24,26H,13-14,16-17,19H2,1-5H3. The van der Waals surface area contributed by atoms with Gasteiger partial charge in [0.05, 0.1) is 50.7 Å². The zero-order valence-corrected chi connectivity index (χ0v) is 25.6. The molecule has 1 aliphatic carbocycles. The molecule has 0 spiro atoms. The Kier molecular flexibility index (Phi) is 9.72. The van der Waals surface area contributed by atoms with Crippen molar-refractivity contribution in [1.29, 1.82) is 0 Å². The lowest BCUT2D eigenvalue weighted by Crippen LogP contribution is -2.24. The van der Waals surface area contributed by atoms with Crippen molar-refractivity contribution >= 4 is 28.2 Å². The van der Waals surface area contributed by atoms with Gasteiger partial charge in [-0.1, -0.05) is 44.2 Å². The second-order valence-electron chi connectivity index (χ2n) is 11.0. The molecule has 1 fully saturated rings. The minimum Gasteiger partial charge on any atom is -0.496 e. The number of esters is 1. The molecule has 3 unspecified atom stereocenters. The van der Waals surface area contributed by atoms with Crippen molar-refractivity contribution in [2.45, 2.75) is 52.2 Å². The summed E-state index contributed by atoms with van der Waals surface area (Å²) >= 11 is 1.58. The lowest BCUT2D eigenvalue weighted by molar-refractivity contribution is -0.148. The molecule has 3 atom stereocenters. The summed E-state index contributed by atoms with van der Waals surface area (Å²) in [4.78, 5) is 22.6. The molecule has 1 saturated carbocycles. The summed E-state index contributed by atoms with van der Waals surface area (Å²) in [6.07, 6.45) is 0.993. The molecular formula is C33H38N2O6S. The predicted octanol–water partition coefficient (Wildman–Crippen LogP) is 6.94. The first-order chi connectivity index (χ1) is 20.4. The van der Waals surface area contributed by atoms with Crippen LogP contribution in [0, 0.1) is 18.8 Å². The van der Waals surface area contributed by atoms with E-state index in [4.69, 9.17) is 33.7 Å². The largest absolute Gasteiger partial charge is 0.496 e. The summed E-state index contributed by atoms with van der Waals surface area (Å²) in [5, 5.41) is 3.81. The van der Waals surface area contributed by atoms with Crippen molar-refractivity contribution in [2.24, 2.45) is 11.8 Å². The molecule has 0 radical (unpaired) electrons. The van der Waals surface area contributed by atoms with Gasteiger partial charge in [0.15, 0.2) is 0 Å². The first-order valence-electron chi connectivity index (χ1n) is 14.3. The summed E-state index contributed by atoms with van der Waals surface area (Å²) in [6, 6.07) is 15.8. The molecule has 2 heterocycles. The lowest BCUT2D eigenvalue weighted by atomic mass is 9.97. The van der Waals surface area contributed by atoms with Crippen LogP contribution in [0.4, 0.5) is 0 Å². The molecule has 0 amide bonds. The number of carbonyl (C=O) groups excluding carboxylic acids is 1. The molecule has 1 aliphatic rings. The number of ether oxygens (including phenoxy) is 5. The predicted molar refractivity (Wildman–Crippen MR) is 163 cm³/mol. The number of pyridine rings is 1. The summed E-state index contributed by atoms with van der Waals surface area (Å²) in [5.74, 6) is 1.18. The van der Waals surface area contributed by atoms with Gasteiger partial charge in [-0.05, 0) is 49.3 Å². The van der Waals surface area contributed by atoms with Crippen LogP contribution in [0.5, 0.6) is 11.5 Å². The van der Waals surface area contributed by atoms with Crippen molar-refractivity contribution in [3.8, 4) is 22.2 Å². The fourth-order valence-corrected chi connectivity index (χ4v) is 6.38. The van der Waals surface area contributed by atoms with E-state index in [0.717, 1.165) is 44.2 Å². The third-order valence-electron chi connectivity index (χ3n) is 7.76. The SMILES string of the molecule is COC(=O)C1CC(Oc2cc(-c3nc(C(C)C)cs3)nc3c(C)c(OC)ccc23)CC1COCOCc1ccccc1. The molecule has 0 bridgehead atoms. The first kappa shape index (κ1) is 29.9.